The van der Waals surface area contributed by atoms with Crippen molar-refractivity contribution in [3.8, 4) is 0 Å². The summed E-state index contributed by atoms with van der Waals surface area (Å²) >= 11 is 0. The summed E-state index contributed by atoms with van der Waals surface area (Å²) in [7, 11) is 0. The van der Waals surface area contributed by atoms with Gasteiger partial charge in [-0.05, 0) is 42.5 Å². The van der Waals surface area contributed by atoms with E-state index in [2.05, 4.69) is 48.6 Å². The van der Waals surface area contributed by atoms with E-state index in [9.17, 15) is 4.79 Å². The van der Waals surface area contributed by atoms with Gasteiger partial charge in [0.05, 0.1) is 6.54 Å². The number of benzene rings is 1. The molecule has 1 aromatic carbocycles. The van der Waals surface area contributed by atoms with Gasteiger partial charge in [0, 0.05) is 19.2 Å². The Bertz CT molecular complexity index is 720. The second kappa shape index (κ2) is 6.69. The van der Waals surface area contributed by atoms with Crippen LogP contribution >= 0.6 is 0 Å². The number of carbonyl (C=O) groups excluding carboxylic acids is 1. The van der Waals surface area contributed by atoms with Crippen LogP contribution in [0.25, 0.3) is 5.57 Å². The number of aromatic nitrogens is 1. The van der Waals surface area contributed by atoms with E-state index >= 15 is 0 Å². The van der Waals surface area contributed by atoms with Crippen LogP contribution in [0.1, 0.15) is 28.8 Å². The quantitative estimate of drug-likeness (QED) is 0.946. The Hall–Kier alpha value is -2.56. The van der Waals surface area contributed by atoms with Crippen molar-refractivity contribution in [3.05, 3.63) is 59.0 Å². The minimum absolute atomic E-state index is 0.0655. The van der Waals surface area contributed by atoms with Crippen molar-refractivity contribution in [1.29, 1.82) is 0 Å². The van der Waals surface area contributed by atoms with Crippen molar-refractivity contribution < 1.29 is 9.32 Å². The lowest BCUT2D eigenvalue weighted by Crippen LogP contribution is -2.41. The molecule has 5 heteroatoms. The van der Waals surface area contributed by atoms with Crippen LogP contribution < -0.4 is 5.32 Å². The van der Waals surface area contributed by atoms with Gasteiger partial charge in [-0.15, -0.1) is 0 Å². The van der Waals surface area contributed by atoms with Crippen LogP contribution in [0.5, 0.6) is 0 Å². The minimum atomic E-state index is -0.0655. The van der Waals surface area contributed by atoms with Crippen LogP contribution in [0.2, 0.25) is 0 Å². The molecule has 2 aromatic rings. The minimum Gasteiger partial charge on any atom is -0.364 e. The van der Waals surface area contributed by atoms with Crippen LogP contribution in [-0.2, 0) is 6.54 Å². The molecular formula is C18H21N3O2. The van der Waals surface area contributed by atoms with E-state index in [4.69, 9.17) is 4.52 Å². The van der Waals surface area contributed by atoms with E-state index in [1.54, 1.807) is 6.07 Å². The monoisotopic (exact) mass is 311 g/mol. The zero-order valence-corrected chi connectivity index (χ0v) is 13.5. The highest BCUT2D eigenvalue weighted by atomic mass is 16.5. The lowest BCUT2D eigenvalue weighted by atomic mass is 9.93. The molecule has 2 heterocycles. The molecule has 0 unspecified atom stereocenters. The number of urea groups is 1. The summed E-state index contributed by atoms with van der Waals surface area (Å²) in [6, 6.07) is 8.06. The molecule has 0 saturated heterocycles. The predicted octanol–water partition coefficient (Wildman–Crippen LogP) is 3.29. The van der Waals surface area contributed by atoms with Gasteiger partial charge >= 0.3 is 6.03 Å². The molecule has 1 aromatic heterocycles. The zero-order valence-electron chi connectivity index (χ0n) is 13.5. The van der Waals surface area contributed by atoms with Crippen molar-refractivity contribution in [2.45, 2.75) is 26.8 Å². The van der Waals surface area contributed by atoms with Crippen LogP contribution in [-0.4, -0.2) is 29.2 Å². The molecule has 1 aliphatic heterocycles. The van der Waals surface area contributed by atoms with E-state index in [1.807, 2.05) is 4.90 Å². The predicted molar refractivity (Wildman–Crippen MR) is 88.8 cm³/mol. The highest BCUT2D eigenvalue weighted by Gasteiger charge is 2.18. The van der Waals surface area contributed by atoms with E-state index in [0.29, 0.717) is 13.1 Å². The maximum atomic E-state index is 12.2. The van der Waals surface area contributed by atoms with Crippen LogP contribution in [0.3, 0.4) is 0 Å². The Morgan fingerprint density at radius 1 is 1.35 bits per heavy atom. The molecule has 3 rings (SSSR count). The Kier molecular flexibility index (Phi) is 4.46. The SMILES string of the molecule is Cc1cccc(C2=CCN(C(=O)NCc3ccon3)CC2)c1C. The highest BCUT2D eigenvalue weighted by Crippen LogP contribution is 2.26. The maximum absolute atomic E-state index is 12.2. The molecule has 1 N–H and O–H groups in total. The maximum Gasteiger partial charge on any atom is 0.318 e. The Labute approximate surface area is 136 Å². The molecule has 0 aliphatic carbocycles. The normalized spacial score (nSPS) is 14.5. The van der Waals surface area contributed by atoms with Gasteiger partial charge in [-0.25, -0.2) is 4.79 Å². The molecule has 0 bridgehead atoms. The topological polar surface area (TPSA) is 58.4 Å². The summed E-state index contributed by atoms with van der Waals surface area (Å²) in [5.41, 5.74) is 5.97. The second-order valence-electron chi connectivity index (χ2n) is 5.82. The van der Waals surface area contributed by atoms with Gasteiger partial charge < -0.3 is 14.7 Å². The summed E-state index contributed by atoms with van der Waals surface area (Å²) in [6.07, 6.45) is 4.53. The first-order valence-electron chi connectivity index (χ1n) is 7.83. The lowest BCUT2D eigenvalue weighted by molar-refractivity contribution is 0.202. The number of aryl methyl sites for hydroxylation is 1. The summed E-state index contributed by atoms with van der Waals surface area (Å²) in [4.78, 5) is 14.0. The summed E-state index contributed by atoms with van der Waals surface area (Å²) in [6.45, 7) is 6.03. The number of nitrogens with zero attached hydrogens (tertiary/aromatic N) is 2. The van der Waals surface area contributed by atoms with Gasteiger partial charge in [-0.1, -0.05) is 29.4 Å². The number of amides is 2. The fraction of sp³-hybridized carbons (Fsp3) is 0.333. The van der Waals surface area contributed by atoms with Gasteiger partial charge in [0.2, 0.25) is 0 Å². The van der Waals surface area contributed by atoms with Gasteiger partial charge in [0.15, 0.2) is 0 Å². The molecule has 5 nitrogen and oxygen atoms in total. The first-order valence-corrected chi connectivity index (χ1v) is 7.83. The smallest absolute Gasteiger partial charge is 0.318 e. The van der Waals surface area contributed by atoms with E-state index < -0.39 is 0 Å². The second-order valence-corrected chi connectivity index (χ2v) is 5.82. The largest absolute Gasteiger partial charge is 0.364 e. The van der Waals surface area contributed by atoms with Crippen molar-refractivity contribution in [2.75, 3.05) is 13.1 Å². The fourth-order valence-corrected chi connectivity index (χ4v) is 2.80. The summed E-state index contributed by atoms with van der Waals surface area (Å²) in [5.74, 6) is 0. The molecule has 120 valence electrons. The van der Waals surface area contributed by atoms with Crippen molar-refractivity contribution >= 4 is 11.6 Å². The molecule has 0 spiro atoms. The molecular weight excluding hydrogens is 290 g/mol. The third-order valence-electron chi connectivity index (χ3n) is 4.36. The van der Waals surface area contributed by atoms with Crippen LogP contribution in [0.4, 0.5) is 4.79 Å². The van der Waals surface area contributed by atoms with Gasteiger partial charge in [-0.2, -0.15) is 0 Å². The lowest BCUT2D eigenvalue weighted by Gasteiger charge is -2.27. The third kappa shape index (κ3) is 3.44. The first-order chi connectivity index (χ1) is 11.1. The fourth-order valence-electron chi connectivity index (χ4n) is 2.80. The number of hydrogen-bond acceptors (Lipinski definition) is 3. The number of nitrogens with one attached hydrogen (secondary N) is 1. The van der Waals surface area contributed by atoms with Gasteiger partial charge in [0.1, 0.15) is 12.0 Å². The number of rotatable bonds is 3. The van der Waals surface area contributed by atoms with Gasteiger partial charge in [0.25, 0.3) is 0 Å². The number of carbonyl (C=O) groups is 1. The third-order valence-corrected chi connectivity index (χ3v) is 4.36. The summed E-state index contributed by atoms with van der Waals surface area (Å²) < 4.78 is 4.75. The summed E-state index contributed by atoms with van der Waals surface area (Å²) in [5, 5.41) is 6.65. The Balaban J connectivity index is 1.61. The van der Waals surface area contributed by atoms with Crippen molar-refractivity contribution in [1.82, 2.24) is 15.4 Å². The molecule has 0 saturated carbocycles. The molecule has 0 fully saturated rings. The van der Waals surface area contributed by atoms with Gasteiger partial charge in [-0.3, -0.25) is 0 Å². The van der Waals surface area contributed by atoms with Crippen molar-refractivity contribution in [3.63, 3.8) is 0 Å². The molecule has 2 amide bonds. The van der Waals surface area contributed by atoms with Crippen molar-refractivity contribution in [2.24, 2.45) is 0 Å². The van der Waals surface area contributed by atoms with E-state index in [-0.39, 0.29) is 6.03 Å². The van der Waals surface area contributed by atoms with Crippen LogP contribution in [0, 0.1) is 13.8 Å². The van der Waals surface area contributed by atoms with E-state index in [1.165, 1.54) is 28.5 Å². The highest BCUT2D eigenvalue weighted by molar-refractivity contribution is 5.77. The molecule has 0 radical (unpaired) electrons. The Morgan fingerprint density at radius 2 is 2.22 bits per heavy atom. The Morgan fingerprint density at radius 3 is 2.91 bits per heavy atom. The first kappa shape index (κ1) is 15.3. The molecule has 1 aliphatic rings. The van der Waals surface area contributed by atoms with Crippen LogP contribution in [0.15, 0.2) is 41.1 Å². The molecule has 0 atom stereocenters. The molecule has 23 heavy (non-hydrogen) atoms. The average molecular weight is 311 g/mol. The average Bonchev–Trinajstić information content (AvgIpc) is 3.09. The van der Waals surface area contributed by atoms with E-state index in [0.717, 1.165) is 18.7 Å². The zero-order chi connectivity index (χ0) is 16.2. The number of hydrogen-bond donors (Lipinski definition) is 1. The standard InChI is InChI=1S/C18H21N3O2/c1-13-4-3-5-17(14(13)2)15-6-9-21(10-7-15)18(22)19-12-16-8-11-23-20-16/h3-6,8,11H,7,9-10,12H2,1-2H3,(H,19,22).